The Hall–Kier alpha value is -1.61. The van der Waals surface area contributed by atoms with Gasteiger partial charge >= 0.3 is 0 Å². The van der Waals surface area contributed by atoms with Crippen molar-refractivity contribution >= 4 is 0 Å². The zero-order valence-electron chi connectivity index (χ0n) is 11.6. The van der Waals surface area contributed by atoms with Gasteiger partial charge in [-0.2, -0.15) is 0 Å². The average molecular weight is 268 g/mol. The van der Waals surface area contributed by atoms with E-state index in [-0.39, 0.29) is 6.10 Å². The zero-order valence-corrected chi connectivity index (χ0v) is 11.6. The molecule has 20 heavy (non-hydrogen) atoms. The van der Waals surface area contributed by atoms with Crippen molar-refractivity contribution in [1.29, 1.82) is 0 Å². The first-order valence-corrected chi connectivity index (χ1v) is 7.58. The van der Waals surface area contributed by atoms with Gasteiger partial charge < -0.3 is 9.67 Å². The number of nitrogens with zero attached hydrogens (tertiary/aromatic N) is 2. The summed E-state index contributed by atoms with van der Waals surface area (Å²) >= 11 is 0. The molecule has 2 aliphatic rings. The van der Waals surface area contributed by atoms with Crippen LogP contribution >= 0.6 is 0 Å². The molecule has 2 aromatic rings. The molecular weight excluding hydrogens is 248 g/mol. The summed E-state index contributed by atoms with van der Waals surface area (Å²) in [7, 11) is 0. The van der Waals surface area contributed by atoms with E-state index in [9.17, 15) is 5.11 Å². The van der Waals surface area contributed by atoms with Crippen LogP contribution in [0.25, 0.3) is 0 Å². The molecule has 0 aliphatic heterocycles. The Labute approximate surface area is 119 Å². The van der Waals surface area contributed by atoms with Crippen LogP contribution in [0.5, 0.6) is 0 Å². The SMILES string of the molecule is OC1c2cccc3c2C(CCC3)CC1Cn1ccnc1. The third-order valence-electron chi connectivity index (χ3n) is 4.99. The van der Waals surface area contributed by atoms with Crippen LogP contribution in [-0.4, -0.2) is 14.7 Å². The predicted molar refractivity (Wildman–Crippen MR) is 77.4 cm³/mol. The van der Waals surface area contributed by atoms with Crippen LogP contribution in [0.2, 0.25) is 0 Å². The van der Waals surface area contributed by atoms with Gasteiger partial charge in [0.2, 0.25) is 0 Å². The van der Waals surface area contributed by atoms with E-state index in [4.69, 9.17) is 0 Å². The van der Waals surface area contributed by atoms with Crippen molar-refractivity contribution in [2.75, 3.05) is 0 Å². The topological polar surface area (TPSA) is 38.0 Å². The van der Waals surface area contributed by atoms with Crippen LogP contribution in [0.4, 0.5) is 0 Å². The molecule has 3 nitrogen and oxygen atoms in total. The Morgan fingerprint density at radius 2 is 2.30 bits per heavy atom. The fourth-order valence-corrected chi connectivity index (χ4v) is 4.11. The highest BCUT2D eigenvalue weighted by Gasteiger charge is 2.36. The number of aryl methyl sites for hydroxylation is 1. The molecule has 3 heteroatoms. The second-order valence-electron chi connectivity index (χ2n) is 6.21. The number of aromatic nitrogens is 2. The number of benzene rings is 1. The fraction of sp³-hybridized carbons (Fsp3) is 0.471. The molecule has 0 amide bonds. The van der Waals surface area contributed by atoms with Crippen molar-refractivity contribution in [3.8, 4) is 0 Å². The summed E-state index contributed by atoms with van der Waals surface area (Å²) in [6.45, 7) is 0.862. The summed E-state index contributed by atoms with van der Waals surface area (Å²) in [6, 6.07) is 6.48. The molecule has 4 rings (SSSR count). The monoisotopic (exact) mass is 268 g/mol. The van der Waals surface area contributed by atoms with Crippen LogP contribution < -0.4 is 0 Å². The maximum absolute atomic E-state index is 10.7. The van der Waals surface area contributed by atoms with Crippen molar-refractivity contribution in [1.82, 2.24) is 9.55 Å². The molecule has 1 N–H and O–H groups in total. The minimum atomic E-state index is -0.332. The van der Waals surface area contributed by atoms with Crippen molar-refractivity contribution in [3.63, 3.8) is 0 Å². The van der Waals surface area contributed by atoms with Gasteiger partial charge in [-0.25, -0.2) is 4.98 Å². The molecule has 1 aromatic heterocycles. The summed E-state index contributed by atoms with van der Waals surface area (Å²) in [5, 5.41) is 10.7. The molecule has 0 saturated carbocycles. The Bertz CT molecular complexity index is 605. The summed E-state index contributed by atoms with van der Waals surface area (Å²) in [4.78, 5) is 4.10. The first-order chi connectivity index (χ1) is 9.83. The number of hydrogen-bond acceptors (Lipinski definition) is 2. The van der Waals surface area contributed by atoms with E-state index in [0.29, 0.717) is 11.8 Å². The largest absolute Gasteiger partial charge is 0.388 e. The van der Waals surface area contributed by atoms with Crippen molar-refractivity contribution in [2.45, 2.75) is 44.2 Å². The summed E-state index contributed by atoms with van der Waals surface area (Å²) < 4.78 is 2.09. The van der Waals surface area contributed by atoms with Crippen LogP contribution in [-0.2, 0) is 13.0 Å². The number of hydrogen-bond donors (Lipinski definition) is 1. The Morgan fingerprint density at radius 1 is 1.35 bits per heavy atom. The Morgan fingerprint density at radius 3 is 3.15 bits per heavy atom. The van der Waals surface area contributed by atoms with Gasteiger partial charge in [0.25, 0.3) is 0 Å². The lowest BCUT2D eigenvalue weighted by Gasteiger charge is -2.39. The van der Waals surface area contributed by atoms with Crippen LogP contribution in [0.3, 0.4) is 0 Å². The zero-order chi connectivity index (χ0) is 13.5. The molecule has 3 atom stereocenters. The van der Waals surface area contributed by atoms with Crippen LogP contribution in [0.1, 0.15) is 48.0 Å². The highest BCUT2D eigenvalue weighted by atomic mass is 16.3. The van der Waals surface area contributed by atoms with E-state index in [1.165, 1.54) is 36.0 Å². The third kappa shape index (κ3) is 1.88. The lowest BCUT2D eigenvalue weighted by atomic mass is 9.68. The number of imidazole rings is 1. The van der Waals surface area contributed by atoms with Gasteiger partial charge in [0, 0.05) is 24.9 Å². The van der Waals surface area contributed by atoms with E-state index in [1.807, 2.05) is 18.7 Å². The smallest absolute Gasteiger partial charge is 0.0946 e. The van der Waals surface area contributed by atoms with Gasteiger partial charge in [-0.3, -0.25) is 0 Å². The van der Waals surface area contributed by atoms with Gasteiger partial charge in [-0.05, 0) is 48.3 Å². The van der Waals surface area contributed by atoms with Gasteiger partial charge in [-0.15, -0.1) is 0 Å². The maximum atomic E-state index is 10.7. The second-order valence-corrected chi connectivity index (χ2v) is 6.21. The van der Waals surface area contributed by atoms with Crippen LogP contribution in [0.15, 0.2) is 36.9 Å². The number of rotatable bonds is 2. The molecule has 3 unspecified atom stereocenters. The van der Waals surface area contributed by atoms with Gasteiger partial charge in [0.15, 0.2) is 0 Å². The first kappa shape index (κ1) is 12.2. The first-order valence-electron chi connectivity index (χ1n) is 7.58. The van der Waals surface area contributed by atoms with Crippen LogP contribution in [0, 0.1) is 5.92 Å². The Kier molecular flexibility index (Phi) is 2.88. The van der Waals surface area contributed by atoms with Crippen molar-refractivity contribution < 1.29 is 5.11 Å². The minimum absolute atomic E-state index is 0.301. The Balaban J connectivity index is 1.70. The van der Waals surface area contributed by atoms with Gasteiger partial charge in [0.05, 0.1) is 12.4 Å². The molecule has 0 bridgehead atoms. The van der Waals surface area contributed by atoms with E-state index in [1.54, 1.807) is 0 Å². The summed E-state index contributed by atoms with van der Waals surface area (Å²) in [5.74, 6) is 0.946. The molecule has 0 spiro atoms. The minimum Gasteiger partial charge on any atom is -0.388 e. The quantitative estimate of drug-likeness (QED) is 0.909. The van der Waals surface area contributed by atoms with E-state index in [0.717, 1.165) is 13.0 Å². The molecule has 0 saturated heterocycles. The summed E-state index contributed by atoms with van der Waals surface area (Å²) in [5.41, 5.74) is 4.12. The van der Waals surface area contributed by atoms with Gasteiger partial charge in [0.1, 0.15) is 0 Å². The van der Waals surface area contributed by atoms with Crippen molar-refractivity contribution in [2.24, 2.45) is 5.92 Å². The van der Waals surface area contributed by atoms with E-state index >= 15 is 0 Å². The summed E-state index contributed by atoms with van der Waals surface area (Å²) in [6.07, 6.45) is 10.1. The number of aliphatic hydroxyl groups excluding tert-OH is 1. The molecule has 104 valence electrons. The third-order valence-corrected chi connectivity index (χ3v) is 4.99. The molecule has 0 fully saturated rings. The van der Waals surface area contributed by atoms with E-state index in [2.05, 4.69) is 27.8 Å². The van der Waals surface area contributed by atoms with Crippen molar-refractivity contribution in [3.05, 3.63) is 53.6 Å². The fourth-order valence-electron chi connectivity index (χ4n) is 4.11. The predicted octanol–water partition coefficient (Wildman–Crippen LogP) is 3.06. The molecule has 0 radical (unpaired) electrons. The van der Waals surface area contributed by atoms with Gasteiger partial charge in [-0.1, -0.05) is 18.2 Å². The second kappa shape index (κ2) is 4.74. The lowest BCUT2D eigenvalue weighted by molar-refractivity contribution is 0.0733. The molecule has 2 aliphatic carbocycles. The lowest BCUT2D eigenvalue weighted by Crippen LogP contribution is -2.29. The maximum Gasteiger partial charge on any atom is 0.0946 e. The number of aliphatic hydroxyl groups is 1. The molecule has 1 aromatic carbocycles. The highest BCUT2D eigenvalue weighted by Crippen LogP contribution is 2.47. The normalized spacial score (nSPS) is 28.1. The van der Waals surface area contributed by atoms with E-state index < -0.39 is 0 Å². The highest BCUT2D eigenvalue weighted by molar-refractivity contribution is 5.43. The standard InChI is InChI=1S/C17H20N2O/c20-17-14(10-19-8-7-18-11-19)9-13-5-1-3-12-4-2-6-15(17)16(12)13/h2,4,6-8,11,13-14,17,20H,1,3,5,9-10H2. The molecule has 1 heterocycles. The average Bonchev–Trinajstić information content (AvgIpc) is 2.97. The molecular formula is C17H20N2O.